The molecule has 5 heteroatoms. The molecule has 0 aliphatic carbocycles. The number of pyridine rings is 1. The van der Waals surface area contributed by atoms with Crippen LogP contribution in [0.25, 0.3) is 0 Å². The van der Waals surface area contributed by atoms with E-state index in [2.05, 4.69) is 17.1 Å². The molecule has 0 unspecified atom stereocenters. The predicted octanol–water partition coefficient (Wildman–Crippen LogP) is 3.69. The van der Waals surface area contributed by atoms with Crippen molar-refractivity contribution in [2.45, 2.75) is 23.8 Å². The molecule has 0 radical (unpaired) electrons. The van der Waals surface area contributed by atoms with Crippen LogP contribution in [0.15, 0.2) is 53.7 Å². The lowest BCUT2D eigenvalue weighted by Gasteiger charge is -2.36. The summed E-state index contributed by atoms with van der Waals surface area (Å²) in [5.41, 5.74) is 2.03. The Balaban J connectivity index is 1.63. The molecule has 124 valence electrons. The molecule has 2 aromatic rings. The minimum absolute atomic E-state index is 0.127. The Hall–Kier alpha value is -1.85. The number of rotatable bonds is 2. The van der Waals surface area contributed by atoms with Crippen molar-refractivity contribution in [1.82, 2.24) is 4.98 Å². The Bertz CT molecular complexity index is 722. The monoisotopic (exact) mass is 340 g/mol. The smallest absolute Gasteiger partial charge is 0.233 e. The standard InChI is InChI=1S/C19H20N2O2S/c22-19(21-10-12-24-17-8-9-20-13-16(17)21)15-7-4-11-23-18(15)14-5-2-1-3-6-14/h1-3,5-6,8-9,13,15,18H,4,7,10-12H2/t15-,18-/m0/s1. The number of hydrogen-bond acceptors (Lipinski definition) is 4. The van der Waals surface area contributed by atoms with Crippen molar-refractivity contribution in [2.75, 3.05) is 23.8 Å². The van der Waals surface area contributed by atoms with Crippen LogP contribution in [0.4, 0.5) is 5.69 Å². The first-order chi connectivity index (χ1) is 11.8. The van der Waals surface area contributed by atoms with Gasteiger partial charge in [-0.2, -0.15) is 0 Å². The number of ether oxygens (including phenoxy) is 1. The van der Waals surface area contributed by atoms with Gasteiger partial charge < -0.3 is 9.64 Å². The third kappa shape index (κ3) is 2.94. The van der Waals surface area contributed by atoms with E-state index in [1.807, 2.05) is 29.2 Å². The zero-order chi connectivity index (χ0) is 16.4. The highest BCUT2D eigenvalue weighted by Gasteiger charge is 2.37. The van der Waals surface area contributed by atoms with Crippen molar-refractivity contribution in [1.29, 1.82) is 0 Å². The van der Waals surface area contributed by atoms with Crippen molar-refractivity contribution in [3.05, 3.63) is 54.4 Å². The fourth-order valence-electron chi connectivity index (χ4n) is 3.50. The minimum atomic E-state index is -0.151. The van der Waals surface area contributed by atoms with Crippen molar-refractivity contribution in [3.63, 3.8) is 0 Å². The van der Waals surface area contributed by atoms with E-state index in [1.54, 1.807) is 24.2 Å². The highest BCUT2D eigenvalue weighted by atomic mass is 32.2. The van der Waals surface area contributed by atoms with E-state index in [9.17, 15) is 4.79 Å². The van der Waals surface area contributed by atoms with Crippen LogP contribution in [-0.2, 0) is 9.53 Å². The maximum absolute atomic E-state index is 13.3. The van der Waals surface area contributed by atoms with E-state index in [4.69, 9.17) is 4.74 Å². The van der Waals surface area contributed by atoms with Gasteiger partial charge in [0, 0.05) is 30.0 Å². The van der Waals surface area contributed by atoms with Crippen LogP contribution in [0.2, 0.25) is 0 Å². The van der Waals surface area contributed by atoms with E-state index in [0.717, 1.165) is 47.9 Å². The summed E-state index contributed by atoms with van der Waals surface area (Å²) in [6.07, 6.45) is 5.25. The molecule has 1 amide bonds. The second kappa shape index (κ2) is 6.95. The number of nitrogens with zero attached hydrogens (tertiary/aromatic N) is 2. The summed E-state index contributed by atoms with van der Waals surface area (Å²) in [7, 11) is 0. The van der Waals surface area contributed by atoms with Gasteiger partial charge in [0.05, 0.1) is 23.9 Å². The molecule has 3 heterocycles. The van der Waals surface area contributed by atoms with Crippen molar-refractivity contribution >= 4 is 23.4 Å². The van der Waals surface area contributed by atoms with Crippen LogP contribution in [0.5, 0.6) is 0 Å². The predicted molar refractivity (Wildman–Crippen MR) is 95.2 cm³/mol. The summed E-state index contributed by atoms with van der Waals surface area (Å²) < 4.78 is 6.01. The fraction of sp³-hybridized carbons (Fsp3) is 0.368. The van der Waals surface area contributed by atoms with E-state index in [-0.39, 0.29) is 17.9 Å². The highest BCUT2D eigenvalue weighted by molar-refractivity contribution is 7.99. The number of aromatic nitrogens is 1. The SMILES string of the molecule is O=C([C@H]1CCCO[C@H]1c1ccccc1)N1CCSc2ccncc21. The summed E-state index contributed by atoms with van der Waals surface area (Å²) in [4.78, 5) is 20.6. The molecule has 2 aliphatic heterocycles. The number of amides is 1. The van der Waals surface area contributed by atoms with Gasteiger partial charge in [-0.15, -0.1) is 11.8 Å². The average molecular weight is 340 g/mol. The molecular formula is C19H20N2O2S. The number of carbonyl (C=O) groups is 1. The number of carbonyl (C=O) groups excluding carboxylic acids is 1. The molecule has 0 spiro atoms. The second-order valence-electron chi connectivity index (χ2n) is 6.13. The van der Waals surface area contributed by atoms with E-state index < -0.39 is 0 Å². The Morgan fingerprint density at radius 1 is 1.25 bits per heavy atom. The molecule has 4 rings (SSSR count). The molecule has 0 bridgehead atoms. The van der Waals surface area contributed by atoms with Crippen LogP contribution >= 0.6 is 11.8 Å². The largest absolute Gasteiger partial charge is 0.373 e. The normalized spacial score (nSPS) is 23.6. The lowest BCUT2D eigenvalue weighted by molar-refractivity contribution is -0.132. The maximum atomic E-state index is 13.3. The molecule has 0 saturated carbocycles. The number of thioether (sulfide) groups is 1. The van der Waals surface area contributed by atoms with Crippen LogP contribution < -0.4 is 4.90 Å². The quantitative estimate of drug-likeness (QED) is 0.836. The van der Waals surface area contributed by atoms with Gasteiger partial charge in [-0.3, -0.25) is 9.78 Å². The van der Waals surface area contributed by atoms with Gasteiger partial charge in [0.25, 0.3) is 0 Å². The van der Waals surface area contributed by atoms with Crippen molar-refractivity contribution in [3.8, 4) is 0 Å². The van der Waals surface area contributed by atoms with Gasteiger partial charge in [-0.1, -0.05) is 30.3 Å². The van der Waals surface area contributed by atoms with Gasteiger partial charge in [0.1, 0.15) is 0 Å². The first kappa shape index (κ1) is 15.7. The lowest BCUT2D eigenvalue weighted by Crippen LogP contribution is -2.43. The first-order valence-electron chi connectivity index (χ1n) is 8.39. The third-order valence-electron chi connectivity index (χ3n) is 4.66. The van der Waals surface area contributed by atoms with Crippen LogP contribution in [-0.4, -0.2) is 29.8 Å². The highest BCUT2D eigenvalue weighted by Crippen LogP contribution is 2.39. The van der Waals surface area contributed by atoms with Crippen LogP contribution in [0, 0.1) is 5.92 Å². The number of fused-ring (bicyclic) bond motifs is 1. The van der Waals surface area contributed by atoms with Crippen LogP contribution in [0.3, 0.4) is 0 Å². The molecule has 2 atom stereocenters. The first-order valence-corrected chi connectivity index (χ1v) is 9.38. The Morgan fingerprint density at radius 3 is 3.00 bits per heavy atom. The summed E-state index contributed by atoms with van der Waals surface area (Å²) in [5.74, 6) is 0.960. The van der Waals surface area contributed by atoms with Gasteiger partial charge >= 0.3 is 0 Å². The fourth-order valence-corrected chi connectivity index (χ4v) is 4.46. The molecule has 1 saturated heterocycles. The molecular weight excluding hydrogens is 320 g/mol. The third-order valence-corrected chi connectivity index (χ3v) is 5.70. The summed E-state index contributed by atoms with van der Waals surface area (Å²) in [6, 6.07) is 12.1. The summed E-state index contributed by atoms with van der Waals surface area (Å²) in [6.45, 7) is 1.46. The number of anilines is 1. The van der Waals surface area contributed by atoms with Gasteiger partial charge in [-0.05, 0) is 24.5 Å². The molecule has 24 heavy (non-hydrogen) atoms. The lowest BCUT2D eigenvalue weighted by atomic mass is 9.88. The van der Waals surface area contributed by atoms with E-state index in [1.165, 1.54) is 0 Å². The molecule has 1 aromatic carbocycles. The molecule has 1 fully saturated rings. The van der Waals surface area contributed by atoms with E-state index >= 15 is 0 Å². The number of hydrogen-bond donors (Lipinski definition) is 0. The minimum Gasteiger partial charge on any atom is -0.373 e. The molecule has 4 nitrogen and oxygen atoms in total. The zero-order valence-corrected chi connectivity index (χ0v) is 14.2. The summed E-state index contributed by atoms with van der Waals surface area (Å²) in [5, 5.41) is 0. The van der Waals surface area contributed by atoms with Gasteiger partial charge in [-0.25, -0.2) is 0 Å². The van der Waals surface area contributed by atoms with Crippen molar-refractivity contribution in [2.24, 2.45) is 5.92 Å². The molecule has 0 N–H and O–H groups in total. The van der Waals surface area contributed by atoms with Crippen molar-refractivity contribution < 1.29 is 9.53 Å². The average Bonchev–Trinajstić information content (AvgIpc) is 2.68. The zero-order valence-electron chi connectivity index (χ0n) is 13.4. The second-order valence-corrected chi connectivity index (χ2v) is 7.27. The molecule has 2 aliphatic rings. The maximum Gasteiger partial charge on any atom is 0.233 e. The number of benzene rings is 1. The Labute approximate surface area is 146 Å². The van der Waals surface area contributed by atoms with Gasteiger partial charge in [0.15, 0.2) is 0 Å². The molecule has 1 aromatic heterocycles. The topological polar surface area (TPSA) is 42.4 Å². The Kier molecular flexibility index (Phi) is 4.54. The van der Waals surface area contributed by atoms with Crippen LogP contribution in [0.1, 0.15) is 24.5 Å². The Morgan fingerprint density at radius 2 is 2.12 bits per heavy atom. The van der Waals surface area contributed by atoms with Gasteiger partial charge in [0.2, 0.25) is 5.91 Å². The van der Waals surface area contributed by atoms with E-state index in [0.29, 0.717) is 0 Å². The summed E-state index contributed by atoms with van der Waals surface area (Å²) >= 11 is 1.79.